The van der Waals surface area contributed by atoms with Crippen molar-refractivity contribution in [3.63, 3.8) is 0 Å². The zero-order chi connectivity index (χ0) is 12.0. The Bertz CT molecular complexity index is 240. The Balaban J connectivity index is 2.65. The van der Waals surface area contributed by atoms with Crippen LogP contribution in [0.25, 0.3) is 0 Å². The van der Waals surface area contributed by atoms with Crippen molar-refractivity contribution < 1.29 is 15.3 Å². The van der Waals surface area contributed by atoms with Crippen molar-refractivity contribution in [3.05, 3.63) is 0 Å². The third-order valence-corrected chi connectivity index (χ3v) is 3.33. The van der Waals surface area contributed by atoms with Crippen molar-refractivity contribution in [2.24, 2.45) is 5.92 Å². The lowest BCUT2D eigenvalue weighted by molar-refractivity contribution is 0.0267. The van der Waals surface area contributed by atoms with Crippen LogP contribution in [-0.4, -0.2) is 46.7 Å². The van der Waals surface area contributed by atoms with Gasteiger partial charge in [-0.1, -0.05) is 12.8 Å². The van der Waals surface area contributed by atoms with Crippen molar-refractivity contribution in [1.29, 1.82) is 5.26 Å². The summed E-state index contributed by atoms with van der Waals surface area (Å²) in [6.07, 6.45) is 3.77. The monoisotopic (exact) mass is 228 g/mol. The lowest BCUT2D eigenvalue weighted by Crippen LogP contribution is -2.60. The number of aliphatic hydroxyl groups is 3. The summed E-state index contributed by atoms with van der Waals surface area (Å²) in [6, 6.07) is 2.19. The molecule has 0 amide bonds. The molecule has 4 N–H and O–H groups in total. The molecule has 0 radical (unpaired) electrons. The van der Waals surface area contributed by atoms with Crippen LogP contribution in [-0.2, 0) is 0 Å². The van der Waals surface area contributed by atoms with Crippen LogP contribution in [0.3, 0.4) is 0 Å². The molecule has 0 heterocycles. The third kappa shape index (κ3) is 2.92. The van der Waals surface area contributed by atoms with Gasteiger partial charge >= 0.3 is 0 Å². The van der Waals surface area contributed by atoms with E-state index in [-0.39, 0.29) is 31.8 Å². The fourth-order valence-electron chi connectivity index (χ4n) is 2.14. The minimum Gasteiger partial charge on any atom is -0.394 e. The van der Waals surface area contributed by atoms with Crippen molar-refractivity contribution in [2.45, 2.75) is 37.3 Å². The molecule has 0 aliphatic heterocycles. The number of nitrogens with one attached hydrogen (secondary N) is 1. The van der Waals surface area contributed by atoms with Gasteiger partial charge in [0.25, 0.3) is 0 Å². The lowest BCUT2D eigenvalue weighted by Gasteiger charge is -2.37. The first-order chi connectivity index (χ1) is 7.71. The van der Waals surface area contributed by atoms with E-state index in [1.54, 1.807) is 0 Å². The molecule has 0 spiro atoms. The molecule has 1 aliphatic carbocycles. The van der Waals surface area contributed by atoms with E-state index >= 15 is 0 Å². The van der Waals surface area contributed by atoms with E-state index in [9.17, 15) is 15.3 Å². The molecule has 0 aromatic carbocycles. The molecule has 92 valence electrons. The van der Waals surface area contributed by atoms with Gasteiger partial charge in [-0.25, -0.2) is 0 Å². The van der Waals surface area contributed by atoms with Crippen molar-refractivity contribution >= 4 is 0 Å². The molecule has 0 aromatic rings. The first-order valence-electron chi connectivity index (χ1n) is 5.71. The van der Waals surface area contributed by atoms with E-state index in [1.165, 1.54) is 0 Å². The molecular formula is C11H20N2O3. The lowest BCUT2D eigenvalue weighted by atomic mass is 9.84. The molecule has 1 rings (SSSR count). The number of nitriles is 1. The van der Waals surface area contributed by atoms with Crippen LogP contribution in [0.5, 0.6) is 0 Å². The van der Waals surface area contributed by atoms with E-state index < -0.39 is 5.54 Å². The van der Waals surface area contributed by atoms with E-state index in [4.69, 9.17) is 5.26 Å². The minimum atomic E-state index is -1.07. The zero-order valence-electron chi connectivity index (χ0n) is 9.39. The maximum Gasteiger partial charge on any atom is 0.0884 e. The fraction of sp³-hybridized carbons (Fsp3) is 0.909. The average molecular weight is 228 g/mol. The third-order valence-electron chi connectivity index (χ3n) is 3.33. The number of hydrogen-bond acceptors (Lipinski definition) is 5. The summed E-state index contributed by atoms with van der Waals surface area (Å²) in [6.45, 7) is -1.02. The molecule has 1 saturated carbocycles. The smallest absolute Gasteiger partial charge is 0.0884 e. The number of rotatable bonds is 5. The van der Waals surface area contributed by atoms with Gasteiger partial charge in [0.1, 0.15) is 0 Å². The van der Waals surface area contributed by atoms with E-state index in [0.29, 0.717) is 0 Å². The van der Waals surface area contributed by atoms with Gasteiger partial charge in [0.2, 0.25) is 0 Å². The summed E-state index contributed by atoms with van der Waals surface area (Å²) in [5.41, 5.74) is -1.07. The summed E-state index contributed by atoms with van der Waals surface area (Å²) in [5, 5.41) is 39.6. The summed E-state index contributed by atoms with van der Waals surface area (Å²) in [7, 11) is 0. The molecule has 0 saturated heterocycles. The Kier molecular flexibility index (Phi) is 5.16. The highest BCUT2D eigenvalue weighted by molar-refractivity contribution is 4.99. The second-order valence-electron chi connectivity index (χ2n) is 4.53. The quantitative estimate of drug-likeness (QED) is 0.502. The predicted molar refractivity (Wildman–Crippen MR) is 58.5 cm³/mol. The summed E-state index contributed by atoms with van der Waals surface area (Å²) in [5.74, 6) is -0.0993. The highest BCUT2D eigenvalue weighted by Gasteiger charge is 2.34. The molecule has 16 heavy (non-hydrogen) atoms. The van der Waals surface area contributed by atoms with Crippen LogP contribution >= 0.6 is 0 Å². The second kappa shape index (κ2) is 6.16. The largest absolute Gasteiger partial charge is 0.394 e. The standard InChI is InChI=1S/C11H20N2O3/c12-5-9-3-1-2-4-10(9)13-11(6-14,7-15)8-16/h9-10,13-16H,1-4,6-8H2. The van der Waals surface area contributed by atoms with Crippen LogP contribution in [0.4, 0.5) is 0 Å². The van der Waals surface area contributed by atoms with Gasteiger partial charge in [0.15, 0.2) is 0 Å². The first kappa shape index (κ1) is 13.4. The van der Waals surface area contributed by atoms with E-state index in [1.807, 2.05) is 0 Å². The summed E-state index contributed by atoms with van der Waals surface area (Å²) >= 11 is 0. The molecule has 0 aromatic heterocycles. The topological polar surface area (TPSA) is 96.5 Å². The maximum atomic E-state index is 9.20. The molecule has 2 atom stereocenters. The van der Waals surface area contributed by atoms with Crippen LogP contribution in [0.1, 0.15) is 25.7 Å². The van der Waals surface area contributed by atoms with E-state index in [2.05, 4.69) is 11.4 Å². The fourth-order valence-corrected chi connectivity index (χ4v) is 2.14. The predicted octanol–water partition coefficient (Wildman–Crippen LogP) is -0.626. The Morgan fingerprint density at radius 2 is 1.69 bits per heavy atom. The molecule has 1 aliphatic rings. The average Bonchev–Trinajstić information content (AvgIpc) is 2.36. The number of aliphatic hydroxyl groups excluding tert-OH is 3. The Morgan fingerprint density at radius 1 is 1.12 bits per heavy atom. The number of hydrogen-bond donors (Lipinski definition) is 4. The van der Waals surface area contributed by atoms with Crippen LogP contribution in [0, 0.1) is 17.2 Å². The summed E-state index contributed by atoms with van der Waals surface area (Å²) < 4.78 is 0. The second-order valence-corrected chi connectivity index (χ2v) is 4.53. The van der Waals surface area contributed by atoms with Gasteiger partial charge in [0.05, 0.1) is 37.3 Å². The van der Waals surface area contributed by atoms with Gasteiger partial charge in [-0.15, -0.1) is 0 Å². The Hall–Kier alpha value is -0.670. The zero-order valence-corrected chi connectivity index (χ0v) is 9.39. The summed E-state index contributed by atoms with van der Waals surface area (Å²) in [4.78, 5) is 0. The first-order valence-corrected chi connectivity index (χ1v) is 5.71. The van der Waals surface area contributed by atoms with Gasteiger partial charge in [-0.05, 0) is 12.8 Å². The van der Waals surface area contributed by atoms with Crippen LogP contribution < -0.4 is 5.32 Å². The molecule has 5 nitrogen and oxygen atoms in total. The maximum absolute atomic E-state index is 9.20. The van der Waals surface area contributed by atoms with Crippen molar-refractivity contribution in [2.75, 3.05) is 19.8 Å². The molecule has 0 bridgehead atoms. The van der Waals surface area contributed by atoms with Crippen LogP contribution in [0.15, 0.2) is 0 Å². The molecule has 2 unspecified atom stereocenters. The molecule has 1 fully saturated rings. The van der Waals surface area contributed by atoms with Crippen LogP contribution in [0.2, 0.25) is 0 Å². The molecular weight excluding hydrogens is 208 g/mol. The SMILES string of the molecule is N#CC1CCCCC1NC(CO)(CO)CO. The van der Waals surface area contributed by atoms with Crippen molar-refractivity contribution in [3.8, 4) is 6.07 Å². The van der Waals surface area contributed by atoms with E-state index in [0.717, 1.165) is 25.7 Å². The Morgan fingerprint density at radius 3 is 2.19 bits per heavy atom. The van der Waals surface area contributed by atoms with Gasteiger partial charge in [0, 0.05) is 6.04 Å². The Labute approximate surface area is 95.7 Å². The number of nitrogens with zero attached hydrogens (tertiary/aromatic N) is 1. The normalized spacial score (nSPS) is 26.4. The van der Waals surface area contributed by atoms with Gasteiger partial charge in [-0.3, -0.25) is 0 Å². The van der Waals surface area contributed by atoms with Crippen molar-refractivity contribution in [1.82, 2.24) is 5.32 Å². The highest BCUT2D eigenvalue weighted by Crippen LogP contribution is 2.25. The minimum absolute atomic E-state index is 0.0507. The molecule has 5 heteroatoms. The van der Waals surface area contributed by atoms with Gasteiger partial charge in [-0.2, -0.15) is 5.26 Å². The highest BCUT2D eigenvalue weighted by atomic mass is 16.3. The van der Waals surface area contributed by atoms with Gasteiger partial charge < -0.3 is 20.6 Å².